The van der Waals surface area contributed by atoms with Crippen molar-refractivity contribution in [2.75, 3.05) is 7.11 Å². The van der Waals surface area contributed by atoms with Gasteiger partial charge in [-0.25, -0.2) is 8.42 Å². The summed E-state index contributed by atoms with van der Waals surface area (Å²) >= 11 is 0. The second-order valence-corrected chi connectivity index (χ2v) is 9.41. The fourth-order valence-electron chi connectivity index (χ4n) is 3.83. The summed E-state index contributed by atoms with van der Waals surface area (Å²) in [5.41, 5.74) is 4.01. The summed E-state index contributed by atoms with van der Waals surface area (Å²) in [7, 11) is -2.16. The van der Waals surface area contributed by atoms with Gasteiger partial charge in [0.05, 0.1) is 18.0 Å². The highest BCUT2D eigenvalue weighted by atomic mass is 32.2. The Morgan fingerprint density at radius 3 is 2.23 bits per heavy atom. The molecule has 4 aromatic carbocycles. The fourth-order valence-corrected chi connectivity index (χ4v) is 5.06. The number of methoxy groups -OCH3 is 1. The molecule has 4 rings (SSSR count). The molecule has 0 aromatic heterocycles. The number of benzene rings is 4. The largest absolute Gasteiger partial charge is 0.497 e. The van der Waals surface area contributed by atoms with Crippen LogP contribution in [-0.4, -0.2) is 15.5 Å². The Bertz CT molecular complexity index is 1330. The fraction of sp³-hybridized carbons (Fsp3) is 0.154. The van der Waals surface area contributed by atoms with E-state index >= 15 is 0 Å². The third-order valence-corrected chi connectivity index (χ3v) is 6.89. The Kier molecular flexibility index (Phi) is 5.81. The van der Waals surface area contributed by atoms with Crippen molar-refractivity contribution in [3.05, 3.63) is 107 Å². The summed E-state index contributed by atoms with van der Waals surface area (Å²) in [5.74, 6) is 0.736. The highest BCUT2D eigenvalue weighted by molar-refractivity contribution is 7.89. The number of rotatable bonds is 6. The van der Waals surface area contributed by atoms with E-state index in [0.717, 1.165) is 38.8 Å². The smallest absolute Gasteiger partial charge is 0.241 e. The van der Waals surface area contributed by atoms with Gasteiger partial charge in [0, 0.05) is 0 Å². The lowest BCUT2D eigenvalue weighted by Gasteiger charge is -2.22. The normalized spacial score (nSPS) is 12.6. The summed E-state index contributed by atoms with van der Waals surface area (Å²) in [6, 6.07) is 26.0. The van der Waals surface area contributed by atoms with E-state index < -0.39 is 16.1 Å². The summed E-state index contributed by atoms with van der Waals surface area (Å²) in [4.78, 5) is 0.232. The molecule has 0 saturated heterocycles. The molecule has 5 heteroatoms. The van der Waals surface area contributed by atoms with Crippen molar-refractivity contribution in [1.29, 1.82) is 0 Å². The van der Waals surface area contributed by atoms with Crippen LogP contribution in [0, 0.1) is 13.8 Å². The Balaban J connectivity index is 1.76. The van der Waals surface area contributed by atoms with Crippen LogP contribution in [0.1, 0.15) is 28.3 Å². The second kappa shape index (κ2) is 8.53. The van der Waals surface area contributed by atoms with Crippen molar-refractivity contribution in [2.45, 2.75) is 24.8 Å². The molecule has 1 atom stereocenters. The van der Waals surface area contributed by atoms with Crippen molar-refractivity contribution in [3.8, 4) is 5.75 Å². The maximum absolute atomic E-state index is 13.4. The van der Waals surface area contributed by atoms with E-state index in [1.54, 1.807) is 25.3 Å². The standard InChI is InChI=1S/C26H25NO3S/c1-18-9-14-25(19(2)15-18)26(20-7-5-4-6-8-20)27-31(28,29)24-13-11-21-16-23(30-3)12-10-22(21)17-24/h4-17,26-27H,1-3H3. The van der Waals surface area contributed by atoms with Crippen LogP contribution in [0.4, 0.5) is 0 Å². The molecule has 158 valence electrons. The quantitative estimate of drug-likeness (QED) is 0.436. The van der Waals surface area contributed by atoms with Gasteiger partial charge in [0.1, 0.15) is 5.75 Å². The zero-order valence-corrected chi connectivity index (χ0v) is 18.6. The summed E-state index contributed by atoms with van der Waals surface area (Å²) < 4.78 is 35.0. The van der Waals surface area contributed by atoms with Crippen LogP contribution in [0.2, 0.25) is 0 Å². The van der Waals surface area contributed by atoms with Gasteiger partial charge in [-0.2, -0.15) is 4.72 Å². The van der Waals surface area contributed by atoms with Gasteiger partial charge >= 0.3 is 0 Å². The van der Waals surface area contributed by atoms with Crippen molar-refractivity contribution >= 4 is 20.8 Å². The zero-order valence-electron chi connectivity index (χ0n) is 17.8. The average molecular weight is 432 g/mol. The molecule has 0 radical (unpaired) electrons. The first-order valence-corrected chi connectivity index (χ1v) is 11.6. The van der Waals surface area contributed by atoms with Gasteiger partial charge < -0.3 is 4.74 Å². The lowest BCUT2D eigenvalue weighted by Crippen LogP contribution is -2.30. The van der Waals surface area contributed by atoms with E-state index in [-0.39, 0.29) is 4.90 Å². The molecule has 0 spiro atoms. The molecule has 1 unspecified atom stereocenters. The third-order valence-electron chi connectivity index (χ3n) is 5.47. The molecule has 0 fully saturated rings. The summed E-state index contributed by atoms with van der Waals surface area (Å²) in [6.07, 6.45) is 0. The Morgan fingerprint density at radius 2 is 1.52 bits per heavy atom. The second-order valence-electron chi connectivity index (χ2n) is 7.70. The number of aryl methyl sites for hydroxylation is 2. The van der Waals surface area contributed by atoms with Gasteiger partial charge in [-0.05, 0) is 65.6 Å². The van der Waals surface area contributed by atoms with Crippen molar-refractivity contribution in [3.63, 3.8) is 0 Å². The Labute approximate surface area is 183 Å². The Hall–Kier alpha value is -3.15. The zero-order chi connectivity index (χ0) is 22.0. The third kappa shape index (κ3) is 4.48. The van der Waals surface area contributed by atoms with Crippen LogP contribution in [-0.2, 0) is 10.0 Å². The van der Waals surface area contributed by atoms with Crippen LogP contribution in [0.5, 0.6) is 5.75 Å². The average Bonchev–Trinajstić information content (AvgIpc) is 2.77. The minimum Gasteiger partial charge on any atom is -0.497 e. The number of hydrogen-bond donors (Lipinski definition) is 1. The van der Waals surface area contributed by atoms with Crippen molar-refractivity contribution in [1.82, 2.24) is 4.72 Å². The molecule has 1 N–H and O–H groups in total. The first-order valence-electron chi connectivity index (χ1n) is 10.1. The van der Waals surface area contributed by atoms with Crippen LogP contribution in [0.3, 0.4) is 0 Å². The lowest BCUT2D eigenvalue weighted by atomic mass is 9.95. The predicted octanol–water partition coefficient (Wildman–Crippen LogP) is 5.53. The molecule has 0 bridgehead atoms. The van der Waals surface area contributed by atoms with Crippen molar-refractivity contribution in [2.24, 2.45) is 0 Å². The monoisotopic (exact) mass is 431 g/mol. The molecular formula is C26H25NO3S. The highest BCUT2D eigenvalue weighted by Crippen LogP contribution is 2.29. The molecule has 4 nitrogen and oxygen atoms in total. The van der Waals surface area contributed by atoms with E-state index in [4.69, 9.17) is 4.74 Å². The SMILES string of the molecule is COc1ccc2cc(S(=O)(=O)NC(c3ccccc3)c3ccc(C)cc3C)ccc2c1. The van der Waals surface area contributed by atoms with Crippen LogP contribution in [0.15, 0.2) is 89.8 Å². The highest BCUT2D eigenvalue weighted by Gasteiger charge is 2.24. The molecule has 0 heterocycles. The molecule has 4 aromatic rings. The van der Waals surface area contributed by atoms with Gasteiger partial charge in [0.25, 0.3) is 0 Å². The molecule has 0 saturated carbocycles. The van der Waals surface area contributed by atoms with Crippen LogP contribution in [0.25, 0.3) is 10.8 Å². The van der Waals surface area contributed by atoms with Crippen LogP contribution >= 0.6 is 0 Å². The molecule has 31 heavy (non-hydrogen) atoms. The first kappa shape index (κ1) is 21.1. The first-order chi connectivity index (χ1) is 14.9. The van der Waals surface area contributed by atoms with Crippen molar-refractivity contribution < 1.29 is 13.2 Å². The predicted molar refractivity (Wildman–Crippen MR) is 125 cm³/mol. The molecule has 0 aliphatic carbocycles. The van der Waals surface area contributed by atoms with E-state index in [2.05, 4.69) is 10.8 Å². The van der Waals surface area contributed by atoms with Gasteiger partial charge in [-0.1, -0.05) is 66.2 Å². The molecular weight excluding hydrogens is 406 g/mol. The van der Waals surface area contributed by atoms with E-state index in [9.17, 15) is 8.42 Å². The van der Waals surface area contributed by atoms with Gasteiger partial charge in [0.2, 0.25) is 10.0 Å². The number of fused-ring (bicyclic) bond motifs is 1. The minimum absolute atomic E-state index is 0.232. The maximum atomic E-state index is 13.4. The van der Waals surface area contributed by atoms with E-state index in [1.165, 1.54) is 0 Å². The lowest BCUT2D eigenvalue weighted by molar-refractivity contribution is 0.415. The molecule has 0 amide bonds. The van der Waals surface area contributed by atoms with Gasteiger partial charge in [-0.3, -0.25) is 0 Å². The molecule has 0 aliphatic heterocycles. The topological polar surface area (TPSA) is 55.4 Å². The number of nitrogens with one attached hydrogen (secondary N) is 1. The van der Waals surface area contributed by atoms with Gasteiger partial charge in [-0.15, -0.1) is 0 Å². The summed E-state index contributed by atoms with van der Waals surface area (Å²) in [6.45, 7) is 4.04. The minimum atomic E-state index is -3.77. The molecule has 0 aliphatic rings. The maximum Gasteiger partial charge on any atom is 0.241 e. The Morgan fingerprint density at radius 1 is 0.806 bits per heavy atom. The number of ether oxygens (including phenoxy) is 1. The van der Waals surface area contributed by atoms with Gasteiger partial charge in [0.15, 0.2) is 0 Å². The summed E-state index contributed by atoms with van der Waals surface area (Å²) in [5, 5.41) is 1.76. The number of sulfonamides is 1. The van der Waals surface area contributed by atoms with E-state index in [0.29, 0.717) is 0 Å². The van der Waals surface area contributed by atoms with E-state index in [1.807, 2.05) is 74.5 Å². The number of hydrogen-bond acceptors (Lipinski definition) is 3. The van der Waals surface area contributed by atoms with Crippen LogP contribution < -0.4 is 9.46 Å².